The van der Waals surface area contributed by atoms with Crippen LogP contribution in [0.1, 0.15) is 43.5 Å². The Morgan fingerprint density at radius 2 is 1.89 bits per heavy atom. The van der Waals surface area contributed by atoms with Crippen molar-refractivity contribution in [2.24, 2.45) is 0 Å². The SMILES string of the molecule is CCC(C)NC(=O)CN1CCN(C(=O)c2cccc(N3CCCC3=O)c2)CC1. The zero-order chi connectivity index (χ0) is 20.1. The van der Waals surface area contributed by atoms with Crippen molar-refractivity contribution in [3.63, 3.8) is 0 Å². The van der Waals surface area contributed by atoms with Crippen LogP contribution in [0.15, 0.2) is 24.3 Å². The number of nitrogens with one attached hydrogen (secondary N) is 1. The highest BCUT2D eigenvalue weighted by atomic mass is 16.2. The first-order chi connectivity index (χ1) is 13.5. The molecule has 2 saturated heterocycles. The number of piperazine rings is 1. The Morgan fingerprint density at radius 3 is 2.54 bits per heavy atom. The summed E-state index contributed by atoms with van der Waals surface area (Å²) in [7, 11) is 0. The predicted molar refractivity (Wildman–Crippen MR) is 108 cm³/mol. The van der Waals surface area contributed by atoms with Crippen LogP contribution in [0, 0.1) is 0 Å². The van der Waals surface area contributed by atoms with Crippen molar-refractivity contribution in [3.05, 3.63) is 29.8 Å². The van der Waals surface area contributed by atoms with Crippen LogP contribution in [-0.2, 0) is 9.59 Å². The fourth-order valence-corrected chi connectivity index (χ4v) is 3.65. The smallest absolute Gasteiger partial charge is 0.254 e. The van der Waals surface area contributed by atoms with E-state index in [2.05, 4.69) is 10.2 Å². The van der Waals surface area contributed by atoms with E-state index in [0.717, 1.165) is 18.5 Å². The van der Waals surface area contributed by atoms with Gasteiger partial charge >= 0.3 is 0 Å². The minimum atomic E-state index is -0.0165. The van der Waals surface area contributed by atoms with Crippen molar-refractivity contribution in [1.82, 2.24) is 15.1 Å². The van der Waals surface area contributed by atoms with Crippen molar-refractivity contribution in [1.29, 1.82) is 0 Å². The molecule has 28 heavy (non-hydrogen) atoms. The van der Waals surface area contributed by atoms with E-state index in [-0.39, 0.29) is 23.8 Å². The number of rotatable bonds is 6. The Morgan fingerprint density at radius 1 is 1.14 bits per heavy atom. The van der Waals surface area contributed by atoms with E-state index < -0.39 is 0 Å². The Bertz CT molecular complexity index is 728. The minimum absolute atomic E-state index is 0.0165. The summed E-state index contributed by atoms with van der Waals surface area (Å²) in [6.45, 7) is 7.70. The Kier molecular flexibility index (Phi) is 6.67. The molecular weight excluding hydrogens is 356 g/mol. The summed E-state index contributed by atoms with van der Waals surface area (Å²) in [6, 6.07) is 7.53. The summed E-state index contributed by atoms with van der Waals surface area (Å²) in [6.07, 6.45) is 2.35. The second-order valence-corrected chi connectivity index (χ2v) is 7.64. The van der Waals surface area contributed by atoms with Gasteiger partial charge < -0.3 is 15.1 Å². The van der Waals surface area contributed by atoms with Crippen molar-refractivity contribution in [2.75, 3.05) is 44.2 Å². The number of anilines is 1. The molecule has 0 bridgehead atoms. The van der Waals surface area contributed by atoms with Crippen LogP contribution in [0.25, 0.3) is 0 Å². The van der Waals surface area contributed by atoms with Gasteiger partial charge in [-0.3, -0.25) is 19.3 Å². The largest absolute Gasteiger partial charge is 0.353 e. The average Bonchev–Trinajstić information content (AvgIpc) is 3.14. The molecule has 0 aliphatic carbocycles. The first kappa shape index (κ1) is 20.3. The van der Waals surface area contributed by atoms with Crippen LogP contribution in [0.5, 0.6) is 0 Å². The topological polar surface area (TPSA) is 73.0 Å². The molecule has 1 N–H and O–H groups in total. The first-order valence-corrected chi connectivity index (χ1v) is 10.2. The first-order valence-electron chi connectivity index (χ1n) is 10.2. The average molecular weight is 386 g/mol. The molecule has 1 unspecified atom stereocenters. The molecule has 0 saturated carbocycles. The molecule has 1 aromatic carbocycles. The third-order valence-corrected chi connectivity index (χ3v) is 5.52. The second kappa shape index (κ2) is 9.19. The van der Waals surface area contributed by atoms with Crippen LogP contribution in [0.3, 0.4) is 0 Å². The number of nitrogens with zero attached hydrogens (tertiary/aromatic N) is 3. The van der Waals surface area contributed by atoms with E-state index >= 15 is 0 Å². The number of amides is 3. The van der Waals surface area contributed by atoms with Gasteiger partial charge in [0, 0.05) is 56.4 Å². The third kappa shape index (κ3) is 4.90. The summed E-state index contributed by atoms with van der Waals surface area (Å²) < 4.78 is 0. The van der Waals surface area contributed by atoms with E-state index in [9.17, 15) is 14.4 Å². The normalized spacial score (nSPS) is 19.0. The second-order valence-electron chi connectivity index (χ2n) is 7.64. The van der Waals surface area contributed by atoms with Crippen LogP contribution in [-0.4, -0.2) is 72.8 Å². The third-order valence-electron chi connectivity index (χ3n) is 5.52. The summed E-state index contributed by atoms with van der Waals surface area (Å²) in [5, 5.41) is 2.98. The number of carbonyl (C=O) groups is 3. The fourth-order valence-electron chi connectivity index (χ4n) is 3.65. The van der Waals surface area contributed by atoms with Crippen molar-refractivity contribution in [3.8, 4) is 0 Å². The zero-order valence-corrected chi connectivity index (χ0v) is 16.8. The summed E-state index contributed by atoms with van der Waals surface area (Å²) >= 11 is 0. The predicted octanol–water partition coefficient (Wildman–Crippen LogP) is 1.49. The zero-order valence-electron chi connectivity index (χ0n) is 16.8. The van der Waals surface area contributed by atoms with Crippen LogP contribution < -0.4 is 10.2 Å². The Hall–Kier alpha value is -2.41. The van der Waals surface area contributed by atoms with Gasteiger partial charge in [0.25, 0.3) is 5.91 Å². The van der Waals surface area contributed by atoms with Crippen molar-refractivity contribution >= 4 is 23.4 Å². The molecule has 1 atom stereocenters. The summed E-state index contributed by atoms with van der Waals surface area (Å²) in [5.74, 6) is 0.142. The lowest BCUT2D eigenvalue weighted by Gasteiger charge is -2.34. The lowest BCUT2D eigenvalue weighted by molar-refractivity contribution is -0.123. The molecule has 1 aromatic rings. The van der Waals surface area contributed by atoms with Crippen LogP contribution in [0.4, 0.5) is 5.69 Å². The van der Waals surface area contributed by atoms with Crippen molar-refractivity contribution < 1.29 is 14.4 Å². The molecule has 0 radical (unpaired) electrons. The van der Waals surface area contributed by atoms with Gasteiger partial charge in [-0.15, -0.1) is 0 Å². The Labute approximate surface area is 166 Å². The van der Waals surface area contributed by atoms with Gasteiger partial charge in [-0.1, -0.05) is 13.0 Å². The molecule has 2 heterocycles. The van der Waals surface area contributed by atoms with E-state index in [1.54, 1.807) is 11.0 Å². The number of benzene rings is 1. The summed E-state index contributed by atoms with van der Waals surface area (Å²) in [4.78, 5) is 42.6. The maximum Gasteiger partial charge on any atom is 0.254 e. The van der Waals surface area contributed by atoms with Gasteiger partial charge in [-0.25, -0.2) is 0 Å². The number of hydrogen-bond acceptors (Lipinski definition) is 4. The molecule has 0 aromatic heterocycles. The van der Waals surface area contributed by atoms with E-state index in [1.165, 1.54) is 0 Å². The molecule has 0 spiro atoms. The monoisotopic (exact) mass is 386 g/mol. The molecule has 2 aliphatic rings. The molecule has 2 aliphatic heterocycles. The quantitative estimate of drug-likeness (QED) is 0.804. The highest BCUT2D eigenvalue weighted by Gasteiger charge is 2.25. The van der Waals surface area contributed by atoms with Gasteiger partial charge in [0.1, 0.15) is 0 Å². The van der Waals surface area contributed by atoms with Crippen molar-refractivity contribution in [2.45, 2.75) is 39.2 Å². The lowest BCUT2D eigenvalue weighted by atomic mass is 10.1. The van der Waals surface area contributed by atoms with E-state index in [1.807, 2.05) is 36.9 Å². The fraction of sp³-hybridized carbons (Fsp3) is 0.571. The molecule has 7 heteroatoms. The van der Waals surface area contributed by atoms with E-state index in [4.69, 9.17) is 0 Å². The van der Waals surface area contributed by atoms with Gasteiger partial charge in [-0.05, 0) is 38.0 Å². The maximum absolute atomic E-state index is 12.9. The number of carbonyl (C=O) groups excluding carboxylic acids is 3. The highest BCUT2D eigenvalue weighted by Crippen LogP contribution is 2.23. The molecule has 3 rings (SSSR count). The standard InChI is InChI=1S/C21H30N4O3/c1-3-16(2)22-19(26)15-23-10-12-24(13-11-23)21(28)17-6-4-7-18(14-17)25-9-5-8-20(25)27/h4,6-7,14,16H,3,5,8-13,15H2,1-2H3,(H,22,26). The molecule has 2 fully saturated rings. The number of hydrogen-bond donors (Lipinski definition) is 1. The lowest BCUT2D eigenvalue weighted by Crippen LogP contribution is -2.51. The Balaban J connectivity index is 1.54. The highest BCUT2D eigenvalue weighted by molar-refractivity contribution is 5.99. The van der Waals surface area contributed by atoms with E-state index in [0.29, 0.717) is 51.3 Å². The van der Waals surface area contributed by atoms with Gasteiger partial charge in [0.2, 0.25) is 11.8 Å². The molecule has 3 amide bonds. The molecular formula is C21H30N4O3. The minimum Gasteiger partial charge on any atom is -0.353 e. The van der Waals surface area contributed by atoms with Crippen LogP contribution >= 0.6 is 0 Å². The van der Waals surface area contributed by atoms with Gasteiger partial charge in [0.05, 0.1) is 6.54 Å². The van der Waals surface area contributed by atoms with Gasteiger partial charge in [-0.2, -0.15) is 0 Å². The van der Waals surface area contributed by atoms with Gasteiger partial charge in [0.15, 0.2) is 0 Å². The molecule has 7 nitrogen and oxygen atoms in total. The van der Waals surface area contributed by atoms with Crippen LogP contribution in [0.2, 0.25) is 0 Å². The molecule has 152 valence electrons. The summed E-state index contributed by atoms with van der Waals surface area (Å²) in [5.41, 5.74) is 1.41. The maximum atomic E-state index is 12.9.